The largest absolute Gasteiger partial charge is 0.393 e. The van der Waals surface area contributed by atoms with Crippen molar-refractivity contribution in [3.8, 4) is 0 Å². The van der Waals surface area contributed by atoms with Crippen LogP contribution >= 0.6 is 0 Å². The lowest BCUT2D eigenvalue weighted by Crippen LogP contribution is -2.52. The second kappa shape index (κ2) is 6.23. The fraction of sp³-hybridized carbons (Fsp3) is 0.500. The van der Waals surface area contributed by atoms with Crippen molar-refractivity contribution in [2.45, 2.75) is 43.4 Å². The van der Waals surface area contributed by atoms with Gasteiger partial charge in [0.25, 0.3) is 0 Å². The zero-order valence-electron chi connectivity index (χ0n) is 12.9. The Balaban J connectivity index is 1.74. The molecule has 3 rings (SSSR count). The second-order valence-corrected chi connectivity index (χ2v) is 6.24. The van der Waals surface area contributed by atoms with Crippen LogP contribution in [0.3, 0.4) is 0 Å². The van der Waals surface area contributed by atoms with Crippen LogP contribution in [0.1, 0.15) is 31.2 Å². The molecule has 1 heterocycles. The van der Waals surface area contributed by atoms with Gasteiger partial charge in [-0.1, -0.05) is 30.3 Å². The number of carbonyl (C=O) groups excluding carboxylic acids is 1. The molecule has 3 atom stereocenters. The van der Waals surface area contributed by atoms with Gasteiger partial charge >= 0.3 is 0 Å². The Labute approximate surface area is 131 Å². The Morgan fingerprint density at radius 3 is 2.86 bits per heavy atom. The van der Waals surface area contributed by atoms with E-state index in [9.17, 15) is 9.90 Å². The number of rotatable bonds is 3. The van der Waals surface area contributed by atoms with E-state index in [0.717, 1.165) is 24.8 Å². The number of aliphatic hydroxyl groups is 1. The maximum Gasteiger partial charge on any atom is 0.246 e. The highest BCUT2D eigenvalue weighted by molar-refractivity contribution is 5.92. The molecule has 0 bridgehead atoms. The highest BCUT2D eigenvalue weighted by Crippen LogP contribution is 2.42. The number of hydrogen-bond acceptors (Lipinski definition) is 3. The number of amides is 1. The molecule has 118 valence electrons. The first kappa shape index (κ1) is 15.3. The van der Waals surface area contributed by atoms with Gasteiger partial charge in [-0.2, -0.15) is 0 Å². The highest BCUT2D eigenvalue weighted by Gasteiger charge is 2.51. The molecule has 1 saturated carbocycles. The Kier molecular flexibility index (Phi) is 4.32. The van der Waals surface area contributed by atoms with Gasteiger partial charge in [0.1, 0.15) is 0 Å². The number of carbonyl (C=O) groups is 1. The molecule has 4 nitrogen and oxygen atoms in total. The molecule has 1 aliphatic carbocycles. The van der Waals surface area contributed by atoms with Crippen molar-refractivity contribution in [2.24, 2.45) is 0 Å². The van der Waals surface area contributed by atoms with Crippen LogP contribution in [0.5, 0.6) is 0 Å². The smallest absolute Gasteiger partial charge is 0.246 e. The lowest BCUT2D eigenvalue weighted by Gasteiger charge is -2.42. The molecule has 1 aromatic rings. The summed E-state index contributed by atoms with van der Waals surface area (Å²) in [6, 6.07) is 9.78. The number of likely N-dealkylation sites (tertiary alicyclic amines) is 1. The molecule has 1 amide bonds. The van der Waals surface area contributed by atoms with Gasteiger partial charge in [0.2, 0.25) is 5.91 Å². The molecular formula is C18H23NO3. The first-order chi connectivity index (χ1) is 10.6. The summed E-state index contributed by atoms with van der Waals surface area (Å²) in [5.41, 5.74) is 0.742. The van der Waals surface area contributed by atoms with Gasteiger partial charge in [-0.25, -0.2) is 0 Å². The third kappa shape index (κ3) is 2.81. The van der Waals surface area contributed by atoms with Gasteiger partial charge in [-0.3, -0.25) is 4.79 Å². The monoisotopic (exact) mass is 301 g/mol. The molecular weight excluding hydrogens is 278 g/mol. The minimum atomic E-state index is -0.334. The van der Waals surface area contributed by atoms with Crippen molar-refractivity contribution in [3.05, 3.63) is 42.0 Å². The molecule has 4 heteroatoms. The van der Waals surface area contributed by atoms with Crippen LogP contribution in [-0.4, -0.2) is 47.3 Å². The van der Waals surface area contributed by atoms with Crippen LogP contribution in [0.4, 0.5) is 0 Å². The normalized spacial score (nSPS) is 31.5. The predicted octanol–water partition coefficient (Wildman–Crippen LogP) is 2.23. The molecule has 1 aliphatic heterocycles. The number of fused-ring (bicyclic) bond motifs is 1. The van der Waals surface area contributed by atoms with Crippen molar-refractivity contribution in [3.63, 3.8) is 0 Å². The molecule has 0 radical (unpaired) electrons. The van der Waals surface area contributed by atoms with E-state index in [-0.39, 0.29) is 23.7 Å². The van der Waals surface area contributed by atoms with Crippen molar-refractivity contribution in [1.29, 1.82) is 0 Å². The fourth-order valence-corrected chi connectivity index (χ4v) is 3.77. The summed E-state index contributed by atoms with van der Waals surface area (Å²) in [6.07, 6.45) is 6.18. The fourth-order valence-electron chi connectivity index (χ4n) is 3.77. The average molecular weight is 301 g/mol. The number of aliphatic hydroxyl groups excluding tert-OH is 1. The van der Waals surface area contributed by atoms with Gasteiger partial charge in [-0.15, -0.1) is 0 Å². The quantitative estimate of drug-likeness (QED) is 0.871. The van der Waals surface area contributed by atoms with Crippen LogP contribution in [0.2, 0.25) is 0 Å². The van der Waals surface area contributed by atoms with E-state index < -0.39 is 0 Å². The molecule has 1 aromatic carbocycles. The van der Waals surface area contributed by atoms with Crippen LogP contribution in [0, 0.1) is 0 Å². The lowest BCUT2D eigenvalue weighted by atomic mass is 9.79. The predicted molar refractivity (Wildman–Crippen MR) is 85.2 cm³/mol. The third-order valence-corrected chi connectivity index (χ3v) is 5.06. The molecule has 0 unspecified atom stereocenters. The highest BCUT2D eigenvalue weighted by atomic mass is 16.5. The molecule has 0 spiro atoms. The minimum Gasteiger partial charge on any atom is -0.393 e. The van der Waals surface area contributed by atoms with E-state index in [0.29, 0.717) is 13.0 Å². The summed E-state index contributed by atoms with van der Waals surface area (Å²) in [5.74, 6) is 0.00174. The van der Waals surface area contributed by atoms with E-state index in [1.165, 1.54) is 0 Å². The van der Waals surface area contributed by atoms with Gasteiger partial charge in [-0.05, 0) is 37.3 Å². The SMILES string of the molecule is CO[C@]12CC[C@@H](O)C[C@H]1N(C(=O)/C=C/c1ccccc1)CC2. The summed E-state index contributed by atoms with van der Waals surface area (Å²) in [6.45, 7) is 0.698. The Morgan fingerprint density at radius 2 is 2.14 bits per heavy atom. The van der Waals surface area contributed by atoms with Crippen LogP contribution < -0.4 is 0 Å². The molecule has 1 saturated heterocycles. The van der Waals surface area contributed by atoms with Crippen LogP contribution in [-0.2, 0) is 9.53 Å². The van der Waals surface area contributed by atoms with Gasteiger partial charge < -0.3 is 14.7 Å². The summed E-state index contributed by atoms with van der Waals surface area (Å²) < 4.78 is 5.77. The van der Waals surface area contributed by atoms with Crippen LogP contribution in [0.25, 0.3) is 6.08 Å². The van der Waals surface area contributed by atoms with E-state index in [1.54, 1.807) is 13.2 Å². The Morgan fingerprint density at radius 1 is 1.36 bits per heavy atom. The first-order valence-electron chi connectivity index (χ1n) is 7.91. The van der Waals surface area contributed by atoms with Crippen LogP contribution in [0.15, 0.2) is 36.4 Å². The third-order valence-electron chi connectivity index (χ3n) is 5.06. The Bertz CT molecular complexity index is 557. The number of methoxy groups -OCH3 is 1. The lowest BCUT2D eigenvalue weighted by molar-refractivity contribution is -0.134. The Hall–Kier alpha value is -1.65. The number of ether oxygens (including phenoxy) is 1. The van der Waals surface area contributed by atoms with Crippen molar-refractivity contribution < 1.29 is 14.6 Å². The minimum absolute atomic E-state index is 0.00174. The standard InChI is InChI=1S/C18H23NO3/c1-22-18-10-9-15(20)13-16(18)19(12-11-18)17(21)8-7-14-5-3-2-4-6-14/h2-8,15-16,20H,9-13H2,1H3/b8-7+/t15-,16-,18+/m1/s1. The summed E-state index contributed by atoms with van der Waals surface area (Å²) in [5, 5.41) is 9.96. The topological polar surface area (TPSA) is 49.8 Å². The molecule has 22 heavy (non-hydrogen) atoms. The van der Waals surface area contributed by atoms with E-state index >= 15 is 0 Å². The van der Waals surface area contributed by atoms with Crippen molar-refractivity contribution in [1.82, 2.24) is 4.90 Å². The van der Waals surface area contributed by atoms with Gasteiger partial charge in [0.05, 0.1) is 17.7 Å². The zero-order chi connectivity index (χ0) is 15.6. The number of nitrogens with zero attached hydrogens (tertiary/aromatic N) is 1. The van der Waals surface area contributed by atoms with Crippen molar-refractivity contribution >= 4 is 12.0 Å². The maximum atomic E-state index is 12.5. The first-order valence-corrected chi connectivity index (χ1v) is 7.91. The van der Waals surface area contributed by atoms with E-state index in [2.05, 4.69) is 0 Å². The van der Waals surface area contributed by atoms with Gasteiger partial charge in [0, 0.05) is 19.7 Å². The maximum absolute atomic E-state index is 12.5. The molecule has 2 fully saturated rings. The summed E-state index contributed by atoms with van der Waals surface area (Å²) in [4.78, 5) is 14.4. The van der Waals surface area contributed by atoms with E-state index in [4.69, 9.17) is 4.74 Å². The second-order valence-electron chi connectivity index (χ2n) is 6.24. The average Bonchev–Trinajstić information content (AvgIpc) is 2.93. The zero-order valence-corrected chi connectivity index (χ0v) is 12.9. The van der Waals surface area contributed by atoms with Gasteiger partial charge in [0.15, 0.2) is 0 Å². The number of hydrogen-bond donors (Lipinski definition) is 1. The molecule has 0 aromatic heterocycles. The summed E-state index contributed by atoms with van der Waals surface area (Å²) in [7, 11) is 1.72. The van der Waals surface area contributed by atoms with Crippen molar-refractivity contribution in [2.75, 3.05) is 13.7 Å². The molecule has 2 aliphatic rings. The van der Waals surface area contributed by atoms with E-state index in [1.807, 2.05) is 41.3 Å². The molecule has 1 N–H and O–H groups in total. The summed E-state index contributed by atoms with van der Waals surface area (Å²) >= 11 is 0. The number of benzene rings is 1.